The van der Waals surface area contributed by atoms with Crippen molar-refractivity contribution in [1.29, 1.82) is 0 Å². The van der Waals surface area contributed by atoms with Crippen LogP contribution in [-0.2, 0) is 48.0 Å². The molecule has 11 heteroatoms. The molecule has 10 rings (SSSR count). The van der Waals surface area contributed by atoms with E-state index < -0.39 is 59.3 Å². The van der Waals surface area contributed by atoms with Crippen LogP contribution in [0, 0.1) is 47.3 Å². The van der Waals surface area contributed by atoms with Gasteiger partial charge in [0.1, 0.15) is 17.8 Å². The summed E-state index contributed by atoms with van der Waals surface area (Å²) < 4.78 is 39.4. The van der Waals surface area contributed by atoms with Gasteiger partial charge >= 0.3 is 6.16 Å². The van der Waals surface area contributed by atoms with Crippen molar-refractivity contribution >= 4 is 6.16 Å². The van der Waals surface area contributed by atoms with E-state index in [1.807, 2.05) is 34.6 Å². The highest BCUT2D eigenvalue weighted by molar-refractivity contribution is 5.60. The van der Waals surface area contributed by atoms with Crippen LogP contribution in [0.2, 0.25) is 0 Å². The SMILES string of the molecule is C[C@H]1[C@@H](C[C@H](OC(=O)OC(C)(C)C)C2O[C@@H]3O[C@@]4(C)CC[C@H]5[C@H](C)CC[C@@H]([C@H]2C)[C@@]35OO4)O[C@@H]2O[C@@]3(C)CC[C@H]4[C@H](C)CC[C@@H]1[C@@]24OO3. The van der Waals surface area contributed by atoms with Gasteiger partial charge in [0.15, 0.2) is 23.8 Å². The van der Waals surface area contributed by atoms with Gasteiger partial charge < -0.3 is 28.4 Å². The van der Waals surface area contributed by atoms with Crippen molar-refractivity contribution in [3.05, 3.63) is 0 Å². The maximum absolute atomic E-state index is 13.5. The quantitative estimate of drug-likeness (QED) is 0.223. The van der Waals surface area contributed by atoms with Gasteiger partial charge in [-0.2, -0.15) is 0 Å². The molecule has 272 valence electrons. The molecule has 8 saturated heterocycles. The molecule has 11 nitrogen and oxygen atoms in total. The van der Waals surface area contributed by atoms with Crippen molar-refractivity contribution in [2.24, 2.45) is 47.3 Å². The van der Waals surface area contributed by atoms with Crippen LogP contribution >= 0.6 is 0 Å². The molecule has 0 radical (unpaired) electrons. The highest BCUT2D eigenvalue weighted by atomic mass is 17.3. The molecule has 4 bridgehead atoms. The van der Waals surface area contributed by atoms with Crippen molar-refractivity contribution in [1.82, 2.24) is 0 Å². The first-order valence-electron chi connectivity index (χ1n) is 18.9. The molecule has 0 aromatic heterocycles. The molecule has 8 heterocycles. The first-order chi connectivity index (χ1) is 22.6. The fraction of sp³-hybridized carbons (Fsp3) is 0.973. The van der Waals surface area contributed by atoms with Gasteiger partial charge in [0.25, 0.3) is 0 Å². The lowest BCUT2D eigenvalue weighted by Crippen LogP contribution is -2.72. The van der Waals surface area contributed by atoms with Gasteiger partial charge in [0.2, 0.25) is 11.6 Å². The Morgan fingerprint density at radius 2 is 1.23 bits per heavy atom. The van der Waals surface area contributed by atoms with Crippen LogP contribution in [0.15, 0.2) is 0 Å². The van der Waals surface area contributed by atoms with Crippen LogP contribution in [0.25, 0.3) is 0 Å². The minimum atomic E-state index is -0.900. The molecular weight excluding hydrogens is 620 g/mol. The van der Waals surface area contributed by atoms with Crippen molar-refractivity contribution in [2.75, 3.05) is 0 Å². The van der Waals surface area contributed by atoms with Gasteiger partial charge in [-0.25, -0.2) is 24.3 Å². The highest BCUT2D eigenvalue weighted by Crippen LogP contribution is 2.63. The van der Waals surface area contributed by atoms with E-state index in [-0.39, 0.29) is 41.6 Å². The van der Waals surface area contributed by atoms with Gasteiger partial charge in [-0.3, -0.25) is 0 Å². The number of hydrogen-bond acceptors (Lipinski definition) is 11. The predicted molar refractivity (Wildman–Crippen MR) is 169 cm³/mol. The van der Waals surface area contributed by atoms with Crippen LogP contribution in [0.5, 0.6) is 0 Å². The zero-order valence-corrected chi connectivity index (χ0v) is 30.4. The third-order valence-corrected chi connectivity index (χ3v) is 14.0. The lowest BCUT2D eigenvalue weighted by molar-refractivity contribution is -0.573. The number of hydrogen-bond donors (Lipinski definition) is 0. The number of fused-ring (bicyclic) bond motifs is 4. The van der Waals surface area contributed by atoms with E-state index >= 15 is 0 Å². The van der Waals surface area contributed by atoms with Gasteiger partial charge in [-0.15, -0.1) is 0 Å². The summed E-state index contributed by atoms with van der Waals surface area (Å²) in [6.45, 7) is 18.5. The topological polar surface area (TPSA) is 109 Å². The molecule has 8 aliphatic heterocycles. The van der Waals surface area contributed by atoms with E-state index in [2.05, 4.69) is 27.7 Å². The van der Waals surface area contributed by atoms with E-state index in [4.69, 9.17) is 48.0 Å². The summed E-state index contributed by atoms with van der Waals surface area (Å²) in [5.41, 5.74) is -2.09. The third kappa shape index (κ3) is 5.14. The normalized spacial score (nSPS) is 54.7. The lowest BCUT2D eigenvalue weighted by atomic mass is 9.56. The average Bonchev–Trinajstić information content (AvgIpc) is 3.38. The lowest BCUT2D eigenvalue weighted by Gasteiger charge is -2.62. The monoisotopic (exact) mass is 678 g/mol. The van der Waals surface area contributed by atoms with Gasteiger partial charge in [-0.1, -0.05) is 27.7 Å². The van der Waals surface area contributed by atoms with Crippen molar-refractivity contribution in [3.63, 3.8) is 0 Å². The van der Waals surface area contributed by atoms with Crippen molar-refractivity contribution < 1.29 is 52.8 Å². The summed E-state index contributed by atoms with van der Waals surface area (Å²) in [7, 11) is 0. The Morgan fingerprint density at radius 3 is 1.77 bits per heavy atom. The minimum Gasteiger partial charge on any atom is -0.429 e. The first-order valence-corrected chi connectivity index (χ1v) is 18.9. The van der Waals surface area contributed by atoms with Crippen molar-refractivity contribution in [3.8, 4) is 0 Å². The third-order valence-electron chi connectivity index (χ3n) is 14.0. The number of ether oxygens (including phenoxy) is 6. The van der Waals surface area contributed by atoms with Crippen LogP contribution in [0.3, 0.4) is 0 Å². The Labute approximate surface area is 285 Å². The average molecular weight is 679 g/mol. The standard InChI is InChI=1S/C37H58O11/c1-19-10-12-25-21(3)27(39-30-36(25)23(19)14-16-34(8,42-30)45-47-36)18-28(40-32(38)44-33(5,6)7)29-22(4)26-13-11-20(2)24-15-17-35(9)43-31(41-29)37(24,26)48-46-35/h19-31H,10-18H2,1-9H3/t19-,20-,21-,22-,23+,24+,25+,26+,27-,28+,29?,30-,31-,34-,35-,36-,37-/m1/s1. The second-order valence-corrected chi connectivity index (χ2v) is 18.2. The minimum absolute atomic E-state index is 0.0238. The fourth-order valence-corrected chi connectivity index (χ4v) is 11.5. The second-order valence-electron chi connectivity index (χ2n) is 18.2. The Bertz CT molecular complexity index is 1260. The number of carbonyl (C=O) groups is 1. The molecular formula is C37H58O11. The smallest absolute Gasteiger partial charge is 0.429 e. The Balaban J connectivity index is 1.12. The largest absolute Gasteiger partial charge is 0.509 e. The van der Waals surface area contributed by atoms with Crippen molar-refractivity contribution in [2.45, 2.75) is 179 Å². The highest BCUT2D eigenvalue weighted by Gasteiger charge is 2.72. The van der Waals surface area contributed by atoms with Crippen LogP contribution in [-0.4, -0.2) is 65.4 Å². The van der Waals surface area contributed by atoms with E-state index in [0.717, 1.165) is 51.4 Å². The summed E-state index contributed by atoms with van der Waals surface area (Å²) in [5.74, 6) is -0.0190. The molecule has 17 atom stereocenters. The van der Waals surface area contributed by atoms with Gasteiger partial charge in [0, 0.05) is 31.1 Å². The van der Waals surface area contributed by atoms with Crippen LogP contribution < -0.4 is 0 Å². The molecule has 0 N–H and O–H groups in total. The zero-order chi connectivity index (χ0) is 34.0. The Morgan fingerprint density at radius 1 is 0.708 bits per heavy atom. The number of carbonyl (C=O) groups excluding carboxylic acids is 1. The Kier molecular flexibility index (Phi) is 8.14. The molecule has 0 aromatic carbocycles. The Hall–Kier alpha value is -1.05. The van der Waals surface area contributed by atoms with Crippen LogP contribution in [0.4, 0.5) is 4.79 Å². The summed E-state index contributed by atoms with van der Waals surface area (Å²) in [4.78, 5) is 38.4. The van der Waals surface area contributed by atoms with E-state index in [9.17, 15) is 4.79 Å². The molecule has 2 spiro atoms. The first kappa shape index (κ1) is 34.1. The van der Waals surface area contributed by atoms with E-state index in [1.165, 1.54) is 0 Å². The zero-order valence-electron chi connectivity index (χ0n) is 30.4. The maximum Gasteiger partial charge on any atom is 0.509 e. The molecule has 1 unspecified atom stereocenters. The summed E-state index contributed by atoms with van der Waals surface area (Å²) >= 11 is 0. The van der Waals surface area contributed by atoms with E-state index in [1.54, 1.807) is 0 Å². The molecule has 2 aliphatic carbocycles. The molecule has 0 aromatic rings. The maximum atomic E-state index is 13.5. The fourth-order valence-electron chi connectivity index (χ4n) is 11.5. The summed E-state index contributed by atoms with van der Waals surface area (Å²) in [5, 5.41) is 0. The number of rotatable bonds is 4. The molecule has 10 aliphatic rings. The van der Waals surface area contributed by atoms with Crippen LogP contribution in [0.1, 0.15) is 120 Å². The van der Waals surface area contributed by atoms with Gasteiger partial charge in [-0.05, 0) is 109 Å². The van der Waals surface area contributed by atoms with Gasteiger partial charge in [0.05, 0.1) is 6.10 Å². The molecule has 2 saturated carbocycles. The molecule has 10 fully saturated rings. The predicted octanol–water partition coefficient (Wildman–Crippen LogP) is 7.20. The molecule has 48 heavy (non-hydrogen) atoms. The second kappa shape index (κ2) is 11.5. The summed E-state index contributed by atoms with van der Waals surface area (Å²) in [6, 6.07) is 0. The molecule has 0 amide bonds. The van der Waals surface area contributed by atoms with E-state index in [0.29, 0.717) is 18.3 Å². The summed E-state index contributed by atoms with van der Waals surface area (Å²) in [6.07, 6.45) is 4.58.